The van der Waals surface area contributed by atoms with Crippen LogP contribution in [0.1, 0.15) is 64.7 Å². The van der Waals surface area contributed by atoms with Crippen LogP contribution in [0.4, 0.5) is 0 Å². The van der Waals surface area contributed by atoms with Gasteiger partial charge in [-0.3, -0.25) is 0 Å². The normalized spacial score (nSPS) is 18.9. The molecule has 1 aliphatic rings. The first kappa shape index (κ1) is 23.3. The Balaban J connectivity index is 2.31. The third-order valence-corrected chi connectivity index (χ3v) is 4.74. The molecule has 154 valence electrons. The molecule has 2 N–H and O–H groups in total. The van der Waals surface area contributed by atoms with E-state index in [2.05, 4.69) is 15.3 Å². The van der Waals surface area contributed by atoms with Gasteiger partial charge in [0.25, 0.3) is 0 Å². The molecule has 1 atom stereocenters. The predicted octanol–water partition coefficient (Wildman–Crippen LogP) is 1.38. The minimum absolute atomic E-state index is 0.0195. The Kier molecular flexibility index (Phi) is 10.6. The molecule has 1 saturated heterocycles. The van der Waals surface area contributed by atoms with E-state index in [1.165, 1.54) is 25.7 Å². The van der Waals surface area contributed by atoms with Gasteiger partial charge in [0.1, 0.15) is 6.10 Å². The van der Waals surface area contributed by atoms with Crippen LogP contribution in [0.25, 0.3) is 0 Å². The maximum Gasteiger partial charge on any atom is 0.416 e. The highest BCUT2D eigenvalue weighted by Crippen LogP contribution is 2.30. The summed E-state index contributed by atoms with van der Waals surface area (Å²) in [6.45, 7) is 2.10. The number of aliphatic hydroxyl groups excluding tert-OH is 1. The van der Waals surface area contributed by atoms with Crippen LogP contribution >= 0.6 is 0 Å². The number of rotatable bonds is 15. The zero-order valence-electron chi connectivity index (χ0n) is 15.2. The number of hydrogen-bond donors (Lipinski definition) is 2. The van der Waals surface area contributed by atoms with Crippen LogP contribution in [-0.2, 0) is 33.0 Å². The summed E-state index contributed by atoms with van der Waals surface area (Å²) in [5.74, 6) is -4.27. The first-order chi connectivity index (χ1) is 12.3. The molecule has 0 bridgehead atoms. The largest absolute Gasteiger partial charge is 0.454 e. The summed E-state index contributed by atoms with van der Waals surface area (Å²) >= 11 is 0. The van der Waals surface area contributed by atoms with Crippen molar-refractivity contribution < 1.29 is 41.3 Å². The topological polar surface area (TPSA) is 129 Å². The molecule has 0 amide bonds. The quantitative estimate of drug-likeness (QED) is 0.310. The van der Waals surface area contributed by atoms with Gasteiger partial charge in [0.2, 0.25) is 0 Å². The van der Waals surface area contributed by atoms with Crippen LogP contribution in [0.2, 0.25) is 0 Å². The average molecular weight is 398 g/mol. The van der Waals surface area contributed by atoms with Crippen molar-refractivity contribution in [2.24, 2.45) is 0 Å². The first-order valence-corrected chi connectivity index (χ1v) is 10.4. The molecule has 10 heteroatoms. The molecular weight excluding hydrogens is 368 g/mol. The molecule has 9 nitrogen and oxygen atoms in total. The van der Waals surface area contributed by atoms with Crippen LogP contribution in [0.15, 0.2) is 0 Å². The molecule has 0 spiro atoms. The maximum atomic E-state index is 11.8. The third kappa shape index (κ3) is 8.74. The Morgan fingerprint density at radius 3 is 2.19 bits per heavy atom. The van der Waals surface area contributed by atoms with Crippen molar-refractivity contribution in [2.45, 2.75) is 76.8 Å². The molecule has 0 saturated carbocycles. The molecule has 1 rings (SSSR count). The molecule has 0 aromatic carbocycles. The summed E-state index contributed by atoms with van der Waals surface area (Å²) in [4.78, 5) is 11.8. The summed E-state index contributed by atoms with van der Waals surface area (Å²) < 4.78 is 39.9. The highest BCUT2D eigenvalue weighted by molar-refractivity contribution is 7.82. The van der Waals surface area contributed by atoms with E-state index in [0.717, 1.165) is 25.7 Å². The Hall–Kier alpha value is -0.780. The minimum atomic E-state index is -4.34. The van der Waals surface area contributed by atoms with E-state index < -0.39 is 28.4 Å². The lowest BCUT2D eigenvalue weighted by molar-refractivity contribution is -0.318. The average Bonchev–Trinajstić information content (AvgIpc) is 2.55. The van der Waals surface area contributed by atoms with Gasteiger partial charge in [-0.25, -0.2) is 4.79 Å². The van der Waals surface area contributed by atoms with Crippen molar-refractivity contribution >= 4 is 16.4 Å². The van der Waals surface area contributed by atoms with Gasteiger partial charge in [-0.2, -0.15) is 16.8 Å². The van der Waals surface area contributed by atoms with E-state index in [-0.39, 0.29) is 19.8 Å². The minimum Gasteiger partial charge on any atom is -0.454 e. The summed E-state index contributed by atoms with van der Waals surface area (Å²) in [5, 5.41) is 18.3. The standard InChI is InChI=1S/C16H30O9S/c1-2-3-4-5-6-7-8-9-10-14(13-22-12-11-17)23-15(18)16(19)24-26(20,21)25-16/h14,17,19H,2-13H2,1H3. The van der Waals surface area contributed by atoms with Gasteiger partial charge in [0, 0.05) is 0 Å². The highest BCUT2D eigenvalue weighted by atomic mass is 32.3. The fourth-order valence-corrected chi connectivity index (χ4v) is 3.24. The third-order valence-electron chi connectivity index (χ3n) is 3.88. The van der Waals surface area contributed by atoms with Gasteiger partial charge in [-0.1, -0.05) is 51.9 Å². The molecule has 1 aliphatic heterocycles. The fourth-order valence-electron chi connectivity index (χ4n) is 2.54. The second-order valence-corrected chi connectivity index (χ2v) is 7.40. The number of carbonyl (C=O) groups excluding carboxylic acids is 1. The zero-order chi connectivity index (χ0) is 19.5. The van der Waals surface area contributed by atoms with Gasteiger partial charge >= 0.3 is 22.3 Å². The lowest BCUT2D eigenvalue weighted by Crippen LogP contribution is -2.57. The maximum absolute atomic E-state index is 11.8. The highest BCUT2D eigenvalue weighted by Gasteiger charge is 2.59. The SMILES string of the molecule is CCCCCCCCCCC(COCCO)OC(=O)C1(O)OS(=O)(=O)O1. The number of ether oxygens (including phenoxy) is 2. The van der Waals surface area contributed by atoms with Gasteiger partial charge in [-0.15, -0.1) is 0 Å². The summed E-state index contributed by atoms with van der Waals surface area (Å²) in [6, 6.07) is 0. The monoisotopic (exact) mass is 398 g/mol. The van der Waals surface area contributed by atoms with E-state index in [1.54, 1.807) is 0 Å². The van der Waals surface area contributed by atoms with Gasteiger partial charge in [0.15, 0.2) is 0 Å². The van der Waals surface area contributed by atoms with Crippen molar-refractivity contribution in [2.75, 3.05) is 19.8 Å². The van der Waals surface area contributed by atoms with E-state index >= 15 is 0 Å². The lowest BCUT2D eigenvalue weighted by atomic mass is 10.1. The van der Waals surface area contributed by atoms with Crippen molar-refractivity contribution in [1.82, 2.24) is 0 Å². The number of unbranched alkanes of at least 4 members (excludes halogenated alkanes) is 7. The molecule has 1 unspecified atom stereocenters. The van der Waals surface area contributed by atoms with E-state index in [4.69, 9.17) is 14.6 Å². The van der Waals surface area contributed by atoms with E-state index in [1.807, 2.05) is 0 Å². The van der Waals surface area contributed by atoms with Crippen LogP contribution in [0.5, 0.6) is 0 Å². The Morgan fingerprint density at radius 2 is 1.65 bits per heavy atom. The van der Waals surface area contributed by atoms with Crippen LogP contribution in [0, 0.1) is 0 Å². The molecular formula is C16H30O9S. The van der Waals surface area contributed by atoms with Crippen LogP contribution in [-0.4, -0.2) is 56.5 Å². The van der Waals surface area contributed by atoms with Gasteiger partial charge in [0.05, 0.1) is 19.8 Å². The molecule has 0 aromatic heterocycles. The first-order valence-electron chi connectivity index (χ1n) is 9.11. The molecule has 1 heterocycles. The molecule has 1 fully saturated rings. The zero-order valence-corrected chi connectivity index (χ0v) is 16.0. The number of carbonyl (C=O) groups is 1. The molecule has 26 heavy (non-hydrogen) atoms. The second-order valence-electron chi connectivity index (χ2n) is 6.25. The number of aliphatic hydroxyl groups is 2. The van der Waals surface area contributed by atoms with Gasteiger partial charge < -0.3 is 19.7 Å². The Bertz CT molecular complexity index is 494. The van der Waals surface area contributed by atoms with Crippen LogP contribution < -0.4 is 0 Å². The Labute approximate surface area is 154 Å². The van der Waals surface area contributed by atoms with Crippen molar-refractivity contribution in [3.05, 3.63) is 0 Å². The fraction of sp³-hybridized carbons (Fsp3) is 0.938. The second kappa shape index (κ2) is 11.8. The van der Waals surface area contributed by atoms with Crippen LogP contribution in [0.3, 0.4) is 0 Å². The van der Waals surface area contributed by atoms with Gasteiger partial charge in [-0.05, 0) is 12.8 Å². The number of hydrogen-bond acceptors (Lipinski definition) is 9. The van der Waals surface area contributed by atoms with Crippen molar-refractivity contribution in [3.63, 3.8) is 0 Å². The predicted molar refractivity (Wildman–Crippen MR) is 91.1 cm³/mol. The van der Waals surface area contributed by atoms with Crippen molar-refractivity contribution in [1.29, 1.82) is 0 Å². The summed E-state index contributed by atoms with van der Waals surface area (Å²) in [5.41, 5.74) is 0. The lowest BCUT2D eigenvalue weighted by Gasteiger charge is -2.32. The van der Waals surface area contributed by atoms with E-state index in [9.17, 15) is 18.3 Å². The summed E-state index contributed by atoms with van der Waals surface area (Å²) in [6.07, 6.45) is 8.68. The molecule has 0 aliphatic carbocycles. The van der Waals surface area contributed by atoms with E-state index in [0.29, 0.717) is 6.42 Å². The van der Waals surface area contributed by atoms with Crippen molar-refractivity contribution in [3.8, 4) is 0 Å². The summed E-state index contributed by atoms with van der Waals surface area (Å²) in [7, 11) is -4.34. The molecule has 0 aromatic rings. The Morgan fingerprint density at radius 1 is 1.08 bits per heavy atom. The smallest absolute Gasteiger partial charge is 0.416 e. The number of esters is 1. The molecule has 0 radical (unpaired) electrons.